The number of hydroxylamine groups is 2. The van der Waals surface area contributed by atoms with E-state index >= 15 is 0 Å². The zero-order valence-electron chi connectivity index (χ0n) is 8.50. The van der Waals surface area contributed by atoms with Crippen molar-refractivity contribution in [2.45, 2.75) is 12.6 Å². The quantitative estimate of drug-likeness (QED) is 0.760. The molecule has 0 aliphatic carbocycles. The number of carbonyl (C=O) groups excluding carboxylic acids is 1. The van der Waals surface area contributed by atoms with Gasteiger partial charge in [-0.2, -0.15) is 5.06 Å². The van der Waals surface area contributed by atoms with Crippen LogP contribution in [0.15, 0.2) is 18.2 Å². The average Bonchev–Trinajstić information content (AvgIpc) is 2.47. The van der Waals surface area contributed by atoms with Crippen molar-refractivity contribution < 1.29 is 10.0 Å². The van der Waals surface area contributed by atoms with Gasteiger partial charge < -0.3 is 0 Å². The minimum absolute atomic E-state index is 0.0754. The standard InChI is InChI=1S/C10H10Cl2N2O2/c1-10(13-5-9(15)14(10)16)7-3-2-6(11)4-8(7)12/h2-4,13,16H,5H2,1H3/t10-/m0/s1. The van der Waals surface area contributed by atoms with E-state index in [4.69, 9.17) is 23.2 Å². The predicted molar refractivity (Wildman–Crippen MR) is 60.4 cm³/mol. The molecule has 4 nitrogen and oxygen atoms in total. The van der Waals surface area contributed by atoms with Crippen molar-refractivity contribution >= 4 is 29.1 Å². The van der Waals surface area contributed by atoms with E-state index < -0.39 is 11.6 Å². The lowest BCUT2D eigenvalue weighted by Crippen LogP contribution is -2.45. The predicted octanol–water partition coefficient (Wildman–Crippen LogP) is 1.99. The zero-order valence-corrected chi connectivity index (χ0v) is 10.0. The van der Waals surface area contributed by atoms with Crippen LogP contribution in [0.1, 0.15) is 12.5 Å². The van der Waals surface area contributed by atoms with Crippen LogP contribution >= 0.6 is 23.2 Å². The molecule has 2 N–H and O–H groups in total. The van der Waals surface area contributed by atoms with Crippen LogP contribution in [0.25, 0.3) is 0 Å². The molecule has 1 aromatic rings. The molecule has 1 saturated heterocycles. The molecule has 0 bridgehead atoms. The van der Waals surface area contributed by atoms with Gasteiger partial charge in [0.1, 0.15) is 5.66 Å². The normalized spacial score (nSPS) is 25.2. The second-order valence-corrected chi connectivity index (χ2v) is 4.60. The molecule has 1 fully saturated rings. The highest BCUT2D eigenvalue weighted by Gasteiger charge is 2.43. The fraction of sp³-hybridized carbons (Fsp3) is 0.300. The van der Waals surface area contributed by atoms with Crippen molar-refractivity contribution in [3.05, 3.63) is 33.8 Å². The Labute approximate surface area is 103 Å². The summed E-state index contributed by atoms with van der Waals surface area (Å²) in [5, 5.41) is 14.2. The van der Waals surface area contributed by atoms with E-state index in [0.29, 0.717) is 20.7 Å². The molecule has 1 aliphatic heterocycles. The second kappa shape index (κ2) is 3.89. The van der Waals surface area contributed by atoms with Gasteiger partial charge in [-0.1, -0.05) is 29.3 Å². The average molecular weight is 261 g/mol. The molecule has 0 saturated carbocycles. The van der Waals surface area contributed by atoms with E-state index in [-0.39, 0.29) is 6.54 Å². The number of rotatable bonds is 1. The Hall–Kier alpha value is -0.810. The molecular formula is C10H10Cl2N2O2. The van der Waals surface area contributed by atoms with Gasteiger partial charge in [0, 0.05) is 15.6 Å². The maximum absolute atomic E-state index is 11.3. The van der Waals surface area contributed by atoms with Gasteiger partial charge in [-0.15, -0.1) is 0 Å². The number of nitrogens with one attached hydrogen (secondary N) is 1. The van der Waals surface area contributed by atoms with Crippen molar-refractivity contribution in [3.63, 3.8) is 0 Å². The van der Waals surface area contributed by atoms with Gasteiger partial charge in [0.15, 0.2) is 0 Å². The topological polar surface area (TPSA) is 52.6 Å². The van der Waals surface area contributed by atoms with E-state index in [1.54, 1.807) is 25.1 Å². The highest BCUT2D eigenvalue weighted by molar-refractivity contribution is 6.35. The van der Waals surface area contributed by atoms with Crippen LogP contribution in [0.2, 0.25) is 10.0 Å². The minimum Gasteiger partial charge on any atom is -0.284 e. The Kier molecular flexibility index (Phi) is 2.84. The fourth-order valence-corrected chi connectivity index (χ4v) is 2.33. The molecule has 0 spiro atoms. The lowest BCUT2D eigenvalue weighted by Gasteiger charge is -2.31. The lowest BCUT2D eigenvalue weighted by atomic mass is 10.0. The summed E-state index contributed by atoms with van der Waals surface area (Å²) in [5.74, 6) is -0.395. The van der Waals surface area contributed by atoms with Crippen molar-refractivity contribution in [3.8, 4) is 0 Å². The maximum Gasteiger partial charge on any atom is 0.262 e. The van der Waals surface area contributed by atoms with Gasteiger partial charge in [-0.25, -0.2) is 0 Å². The Balaban J connectivity index is 2.48. The first-order chi connectivity index (χ1) is 7.45. The van der Waals surface area contributed by atoms with Crippen LogP contribution in [0.3, 0.4) is 0 Å². The molecule has 0 aromatic heterocycles. The van der Waals surface area contributed by atoms with Crippen LogP contribution in [-0.2, 0) is 10.5 Å². The number of halogens is 2. The molecule has 2 rings (SSSR count). The molecule has 0 unspecified atom stereocenters. The Morgan fingerprint density at radius 2 is 2.19 bits per heavy atom. The number of amides is 1. The summed E-state index contributed by atoms with van der Waals surface area (Å²) in [6, 6.07) is 4.91. The first kappa shape index (κ1) is 11.7. The highest BCUT2D eigenvalue weighted by Crippen LogP contribution is 2.34. The van der Waals surface area contributed by atoms with Crippen LogP contribution < -0.4 is 5.32 Å². The number of hydrogen-bond donors (Lipinski definition) is 2. The first-order valence-electron chi connectivity index (χ1n) is 4.67. The monoisotopic (exact) mass is 260 g/mol. The molecule has 1 aliphatic rings. The van der Waals surface area contributed by atoms with Gasteiger partial charge in [-0.05, 0) is 19.1 Å². The smallest absolute Gasteiger partial charge is 0.262 e. The molecule has 1 aromatic carbocycles. The molecular weight excluding hydrogens is 251 g/mol. The van der Waals surface area contributed by atoms with E-state index in [0.717, 1.165) is 0 Å². The summed E-state index contributed by atoms with van der Waals surface area (Å²) in [7, 11) is 0. The third-order valence-electron chi connectivity index (χ3n) is 2.70. The third-order valence-corrected chi connectivity index (χ3v) is 3.25. The first-order valence-corrected chi connectivity index (χ1v) is 5.43. The van der Waals surface area contributed by atoms with E-state index in [1.165, 1.54) is 0 Å². The van der Waals surface area contributed by atoms with Crippen molar-refractivity contribution in [2.75, 3.05) is 6.54 Å². The van der Waals surface area contributed by atoms with Gasteiger partial charge in [0.05, 0.1) is 6.54 Å². The number of carbonyl (C=O) groups is 1. The minimum atomic E-state index is -1.00. The van der Waals surface area contributed by atoms with E-state index in [2.05, 4.69) is 5.32 Å². The zero-order chi connectivity index (χ0) is 11.9. The second-order valence-electron chi connectivity index (χ2n) is 3.76. The molecule has 1 amide bonds. The Morgan fingerprint density at radius 1 is 1.50 bits per heavy atom. The fourth-order valence-electron chi connectivity index (χ4n) is 1.74. The third kappa shape index (κ3) is 1.68. The van der Waals surface area contributed by atoms with Crippen LogP contribution in [0.5, 0.6) is 0 Å². The van der Waals surface area contributed by atoms with Crippen LogP contribution in [0, 0.1) is 0 Å². The van der Waals surface area contributed by atoms with Crippen LogP contribution in [-0.4, -0.2) is 22.7 Å². The van der Waals surface area contributed by atoms with E-state index in [9.17, 15) is 10.0 Å². The molecule has 16 heavy (non-hydrogen) atoms. The summed E-state index contributed by atoms with van der Waals surface area (Å²) in [4.78, 5) is 11.3. The van der Waals surface area contributed by atoms with Crippen molar-refractivity contribution in [1.29, 1.82) is 0 Å². The van der Waals surface area contributed by atoms with Crippen molar-refractivity contribution in [1.82, 2.24) is 10.4 Å². The van der Waals surface area contributed by atoms with Crippen molar-refractivity contribution in [2.24, 2.45) is 0 Å². The molecule has 1 atom stereocenters. The Bertz CT molecular complexity index is 452. The number of nitrogens with zero attached hydrogens (tertiary/aromatic N) is 1. The molecule has 0 radical (unpaired) electrons. The van der Waals surface area contributed by atoms with Gasteiger partial charge in [-0.3, -0.25) is 15.3 Å². The van der Waals surface area contributed by atoms with Gasteiger partial charge >= 0.3 is 0 Å². The highest BCUT2D eigenvalue weighted by atomic mass is 35.5. The summed E-state index contributed by atoms with van der Waals surface area (Å²) in [5.41, 5.74) is -0.398. The molecule has 1 heterocycles. The van der Waals surface area contributed by atoms with Gasteiger partial charge in [0.25, 0.3) is 5.91 Å². The summed E-state index contributed by atoms with van der Waals surface area (Å²) < 4.78 is 0. The summed E-state index contributed by atoms with van der Waals surface area (Å²) in [6.07, 6.45) is 0. The van der Waals surface area contributed by atoms with Gasteiger partial charge in [0.2, 0.25) is 0 Å². The maximum atomic E-state index is 11.3. The Morgan fingerprint density at radius 3 is 2.69 bits per heavy atom. The largest absolute Gasteiger partial charge is 0.284 e. The lowest BCUT2D eigenvalue weighted by molar-refractivity contribution is -0.181. The SMILES string of the molecule is C[C@]1(c2ccc(Cl)cc2Cl)NCC(=O)N1O. The van der Waals surface area contributed by atoms with Crippen LogP contribution in [0.4, 0.5) is 0 Å². The summed E-state index contributed by atoms with van der Waals surface area (Å²) in [6.45, 7) is 1.75. The number of benzene rings is 1. The molecule has 6 heteroatoms. The van der Waals surface area contributed by atoms with E-state index in [1.807, 2.05) is 0 Å². The summed E-state index contributed by atoms with van der Waals surface area (Å²) >= 11 is 11.8. The molecule has 86 valence electrons. The number of hydrogen-bond acceptors (Lipinski definition) is 3.